The summed E-state index contributed by atoms with van der Waals surface area (Å²) in [6, 6.07) is 9.75. The second-order valence-electron chi connectivity index (χ2n) is 7.36. The molecule has 3 aromatic rings. The Morgan fingerprint density at radius 3 is 2.97 bits per heavy atom. The molecule has 1 aromatic carbocycles. The van der Waals surface area contributed by atoms with Crippen LogP contribution in [0.15, 0.2) is 30.3 Å². The van der Waals surface area contributed by atoms with Crippen LogP contribution in [-0.2, 0) is 24.2 Å². The first kappa shape index (κ1) is 19.3. The lowest BCUT2D eigenvalue weighted by atomic mass is 9.90. The van der Waals surface area contributed by atoms with Gasteiger partial charge in [-0.05, 0) is 55.4 Å². The molecule has 0 amide bonds. The van der Waals surface area contributed by atoms with Crippen molar-refractivity contribution in [2.75, 3.05) is 11.1 Å². The fraction of sp³-hybridized carbons (Fsp3) is 0.333. The molecule has 1 atom stereocenters. The van der Waals surface area contributed by atoms with Crippen LogP contribution in [0, 0.1) is 12.8 Å². The maximum atomic E-state index is 12.5. The molecule has 0 saturated heterocycles. The van der Waals surface area contributed by atoms with Crippen molar-refractivity contribution in [2.45, 2.75) is 39.7 Å². The predicted octanol–water partition coefficient (Wildman–Crippen LogP) is 4.05. The highest BCUT2D eigenvalue weighted by Crippen LogP contribution is 2.32. The lowest BCUT2D eigenvalue weighted by Crippen LogP contribution is -2.11. The van der Waals surface area contributed by atoms with Gasteiger partial charge in [0.05, 0.1) is 0 Å². The smallest absolute Gasteiger partial charge is 0.348 e. The minimum Gasteiger partial charge on any atom is -0.453 e. The molecular weight excluding hydrogens is 386 g/mol. The van der Waals surface area contributed by atoms with Crippen molar-refractivity contribution in [3.05, 3.63) is 57.0 Å². The van der Waals surface area contributed by atoms with E-state index in [9.17, 15) is 4.79 Å². The summed E-state index contributed by atoms with van der Waals surface area (Å²) in [5, 5.41) is 3.13. The van der Waals surface area contributed by atoms with E-state index in [1.165, 1.54) is 28.2 Å². The van der Waals surface area contributed by atoms with Crippen LogP contribution in [0.2, 0.25) is 0 Å². The second-order valence-corrected chi connectivity index (χ2v) is 8.49. The fourth-order valence-electron chi connectivity index (χ4n) is 3.40. The number of anilines is 3. The van der Waals surface area contributed by atoms with Crippen molar-refractivity contribution in [1.29, 1.82) is 0 Å². The summed E-state index contributed by atoms with van der Waals surface area (Å²) in [5.74, 6) is 0.996. The molecule has 0 radical (unpaired) electrons. The second kappa shape index (κ2) is 8.16. The molecule has 2 aromatic heterocycles. The third kappa shape index (κ3) is 4.54. The number of benzene rings is 1. The summed E-state index contributed by atoms with van der Waals surface area (Å²) in [5.41, 5.74) is 9.01. The Morgan fingerprint density at radius 2 is 2.14 bits per heavy atom. The number of nitrogens with zero attached hydrogens (tertiary/aromatic N) is 3. The number of thiophene rings is 1. The lowest BCUT2D eigenvalue weighted by Gasteiger charge is -2.16. The monoisotopic (exact) mass is 409 g/mol. The first-order valence-corrected chi connectivity index (χ1v) is 10.4. The number of nitrogens with one attached hydrogen (secondary N) is 1. The maximum absolute atomic E-state index is 12.5. The summed E-state index contributed by atoms with van der Waals surface area (Å²) >= 11 is 1.53. The Bertz CT molecular complexity index is 1050. The molecule has 1 aliphatic rings. The number of carbonyl (C=O) groups excluding carboxylic acids is 1. The van der Waals surface area contributed by atoms with Gasteiger partial charge in [0.2, 0.25) is 11.9 Å². The Labute approximate surface area is 173 Å². The number of para-hydroxylation sites is 1. The average Bonchev–Trinajstić information content (AvgIpc) is 3.11. The van der Waals surface area contributed by atoms with Gasteiger partial charge in [0.1, 0.15) is 4.88 Å². The molecule has 8 heteroatoms. The van der Waals surface area contributed by atoms with Crippen LogP contribution in [0.5, 0.6) is 0 Å². The number of nitrogen functional groups attached to an aromatic ring is 1. The fourth-order valence-corrected chi connectivity index (χ4v) is 4.50. The van der Waals surface area contributed by atoms with E-state index < -0.39 is 0 Å². The minimum atomic E-state index is -0.357. The topological polar surface area (TPSA) is 103 Å². The number of nitrogens with two attached hydrogens (primary N) is 1. The van der Waals surface area contributed by atoms with Gasteiger partial charge in [0.15, 0.2) is 12.4 Å². The molecular formula is C21H23N5O2S. The molecule has 4 rings (SSSR count). The van der Waals surface area contributed by atoms with Gasteiger partial charge in [-0.1, -0.05) is 25.1 Å². The average molecular weight is 410 g/mol. The van der Waals surface area contributed by atoms with Crippen molar-refractivity contribution >= 4 is 34.9 Å². The number of carbonyl (C=O) groups is 1. The standard InChI is InChI=1S/C21H23N5O2S/c1-12-7-8-16-14(9-12)10-17(29-16)19(27)28-11-18-24-20(22)26-21(25-18)23-15-6-4-3-5-13(15)2/h3-6,10,12H,7-9,11H2,1-2H3,(H3,22,23,24,25,26)/t12-/m0/s1. The number of fused-ring (bicyclic) bond motifs is 1. The third-order valence-corrected chi connectivity index (χ3v) is 6.17. The molecule has 7 nitrogen and oxygen atoms in total. The van der Waals surface area contributed by atoms with Gasteiger partial charge in [-0.2, -0.15) is 15.0 Å². The minimum absolute atomic E-state index is 0.0625. The number of aromatic nitrogens is 3. The first-order chi connectivity index (χ1) is 14.0. The van der Waals surface area contributed by atoms with E-state index in [0.29, 0.717) is 22.6 Å². The zero-order valence-corrected chi connectivity index (χ0v) is 17.3. The zero-order valence-electron chi connectivity index (χ0n) is 16.4. The molecule has 0 fully saturated rings. The van der Waals surface area contributed by atoms with Gasteiger partial charge in [0, 0.05) is 10.6 Å². The normalized spacial score (nSPS) is 15.6. The van der Waals surface area contributed by atoms with Crippen LogP contribution in [0.4, 0.5) is 17.6 Å². The molecule has 1 aliphatic carbocycles. The number of ether oxygens (including phenoxy) is 1. The van der Waals surface area contributed by atoms with E-state index >= 15 is 0 Å². The molecule has 3 N–H and O–H groups in total. The van der Waals surface area contributed by atoms with E-state index in [0.717, 1.165) is 24.1 Å². The lowest BCUT2D eigenvalue weighted by molar-refractivity contribution is 0.0468. The van der Waals surface area contributed by atoms with Crippen molar-refractivity contribution in [3.8, 4) is 0 Å². The van der Waals surface area contributed by atoms with Crippen LogP contribution in [0.1, 0.15) is 44.8 Å². The maximum Gasteiger partial charge on any atom is 0.348 e. The van der Waals surface area contributed by atoms with Gasteiger partial charge in [-0.3, -0.25) is 0 Å². The molecule has 150 valence electrons. The number of esters is 1. The van der Waals surface area contributed by atoms with Gasteiger partial charge >= 0.3 is 5.97 Å². The number of hydrogen-bond donors (Lipinski definition) is 2. The molecule has 0 aliphatic heterocycles. The highest BCUT2D eigenvalue weighted by atomic mass is 32.1. The number of aryl methyl sites for hydroxylation is 2. The molecule has 0 unspecified atom stereocenters. The Kier molecular flexibility index (Phi) is 5.44. The SMILES string of the molecule is Cc1ccccc1Nc1nc(N)nc(COC(=O)c2cc3c(s2)CC[C@H](C)C3)n1. The third-order valence-electron chi connectivity index (χ3n) is 4.95. The summed E-state index contributed by atoms with van der Waals surface area (Å²) in [4.78, 5) is 26.9. The number of hydrogen-bond acceptors (Lipinski definition) is 8. The van der Waals surface area contributed by atoms with Gasteiger partial charge in [-0.15, -0.1) is 11.3 Å². The van der Waals surface area contributed by atoms with E-state index in [1.54, 1.807) is 0 Å². The van der Waals surface area contributed by atoms with Crippen LogP contribution in [-0.4, -0.2) is 20.9 Å². The van der Waals surface area contributed by atoms with Gasteiger partial charge < -0.3 is 15.8 Å². The molecule has 0 bridgehead atoms. The van der Waals surface area contributed by atoms with Gasteiger partial charge in [0.25, 0.3) is 0 Å². The summed E-state index contributed by atoms with van der Waals surface area (Å²) in [7, 11) is 0. The van der Waals surface area contributed by atoms with Crippen molar-refractivity contribution < 1.29 is 9.53 Å². The molecule has 29 heavy (non-hydrogen) atoms. The van der Waals surface area contributed by atoms with Crippen molar-refractivity contribution in [2.24, 2.45) is 5.92 Å². The van der Waals surface area contributed by atoms with Crippen molar-refractivity contribution in [3.63, 3.8) is 0 Å². The largest absolute Gasteiger partial charge is 0.453 e. The van der Waals surface area contributed by atoms with Crippen LogP contribution in [0.25, 0.3) is 0 Å². The van der Waals surface area contributed by atoms with E-state index in [-0.39, 0.29) is 18.5 Å². The first-order valence-electron chi connectivity index (χ1n) is 9.59. The Balaban J connectivity index is 1.44. The quantitative estimate of drug-likeness (QED) is 0.613. The van der Waals surface area contributed by atoms with Crippen molar-refractivity contribution in [1.82, 2.24) is 15.0 Å². The van der Waals surface area contributed by atoms with Crippen LogP contribution < -0.4 is 11.1 Å². The zero-order chi connectivity index (χ0) is 20.4. The Hall–Kier alpha value is -3.00. The van der Waals surface area contributed by atoms with Gasteiger partial charge in [-0.25, -0.2) is 4.79 Å². The highest BCUT2D eigenvalue weighted by Gasteiger charge is 2.21. The Morgan fingerprint density at radius 1 is 1.31 bits per heavy atom. The summed E-state index contributed by atoms with van der Waals surface area (Å²) < 4.78 is 5.44. The van der Waals surface area contributed by atoms with Crippen LogP contribution in [0.3, 0.4) is 0 Å². The summed E-state index contributed by atoms with van der Waals surface area (Å²) in [6.45, 7) is 4.16. The molecule has 0 saturated carbocycles. The highest BCUT2D eigenvalue weighted by molar-refractivity contribution is 7.14. The molecule has 0 spiro atoms. The number of rotatable bonds is 5. The summed E-state index contributed by atoms with van der Waals surface area (Å²) in [6.07, 6.45) is 3.23. The molecule has 2 heterocycles. The predicted molar refractivity (Wildman–Crippen MR) is 113 cm³/mol. The van der Waals surface area contributed by atoms with E-state index in [1.807, 2.05) is 37.3 Å². The van der Waals surface area contributed by atoms with E-state index in [4.69, 9.17) is 10.5 Å². The van der Waals surface area contributed by atoms with E-state index in [2.05, 4.69) is 27.2 Å². The van der Waals surface area contributed by atoms with Crippen LogP contribution >= 0.6 is 11.3 Å².